The standard InChI is InChI=1S/C14H25NO3/c1-5-15(6-2)14(16)12-7-8-13(18-10-12)17-9-11(3)4/h10-11,13H,5-9H2,1-4H3. The van der Waals surface area contributed by atoms with Gasteiger partial charge >= 0.3 is 0 Å². The Hall–Kier alpha value is -1.03. The van der Waals surface area contributed by atoms with Crippen LogP contribution in [-0.2, 0) is 14.3 Å². The predicted molar refractivity (Wildman–Crippen MR) is 70.9 cm³/mol. The van der Waals surface area contributed by atoms with Gasteiger partial charge in [-0.3, -0.25) is 4.79 Å². The van der Waals surface area contributed by atoms with Crippen LogP contribution in [0, 0.1) is 5.92 Å². The number of hydrogen-bond acceptors (Lipinski definition) is 3. The molecule has 104 valence electrons. The molecule has 1 amide bonds. The Morgan fingerprint density at radius 1 is 1.50 bits per heavy atom. The van der Waals surface area contributed by atoms with Gasteiger partial charge in [0.05, 0.1) is 18.4 Å². The quantitative estimate of drug-likeness (QED) is 0.732. The van der Waals surface area contributed by atoms with Crippen molar-refractivity contribution in [2.45, 2.75) is 46.8 Å². The van der Waals surface area contributed by atoms with Gasteiger partial charge in [-0.1, -0.05) is 13.8 Å². The number of carbonyl (C=O) groups excluding carboxylic acids is 1. The summed E-state index contributed by atoms with van der Waals surface area (Å²) >= 11 is 0. The van der Waals surface area contributed by atoms with Crippen molar-refractivity contribution < 1.29 is 14.3 Å². The summed E-state index contributed by atoms with van der Waals surface area (Å²) < 4.78 is 11.1. The highest BCUT2D eigenvalue weighted by molar-refractivity contribution is 5.93. The molecule has 0 saturated carbocycles. The van der Waals surface area contributed by atoms with Crippen LogP contribution < -0.4 is 0 Å². The fourth-order valence-electron chi connectivity index (χ4n) is 1.85. The van der Waals surface area contributed by atoms with E-state index in [4.69, 9.17) is 9.47 Å². The molecule has 1 aliphatic rings. The van der Waals surface area contributed by atoms with Gasteiger partial charge in [0, 0.05) is 19.5 Å². The first-order valence-electron chi connectivity index (χ1n) is 6.83. The Balaban J connectivity index is 2.45. The SMILES string of the molecule is CCN(CC)C(=O)C1=COC(OCC(C)C)CC1. The molecule has 1 aliphatic heterocycles. The van der Waals surface area contributed by atoms with Gasteiger partial charge in [0.2, 0.25) is 0 Å². The lowest BCUT2D eigenvalue weighted by molar-refractivity contribution is -0.134. The number of ether oxygens (including phenoxy) is 2. The number of amides is 1. The summed E-state index contributed by atoms with van der Waals surface area (Å²) in [5.41, 5.74) is 0.753. The van der Waals surface area contributed by atoms with Crippen molar-refractivity contribution in [3.05, 3.63) is 11.8 Å². The normalized spacial score (nSPS) is 19.4. The molecule has 0 aromatic carbocycles. The molecule has 0 N–H and O–H groups in total. The monoisotopic (exact) mass is 255 g/mol. The van der Waals surface area contributed by atoms with Gasteiger partial charge in [-0.15, -0.1) is 0 Å². The van der Waals surface area contributed by atoms with Crippen molar-refractivity contribution in [1.29, 1.82) is 0 Å². The summed E-state index contributed by atoms with van der Waals surface area (Å²) in [5, 5.41) is 0. The predicted octanol–water partition coefficient (Wildman–Crippen LogP) is 2.55. The zero-order valence-electron chi connectivity index (χ0n) is 11.9. The number of carbonyl (C=O) groups is 1. The van der Waals surface area contributed by atoms with E-state index in [-0.39, 0.29) is 12.2 Å². The molecule has 1 unspecified atom stereocenters. The molecule has 4 nitrogen and oxygen atoms in total. The minimum absolute atomic E-state index is 0.0855. The number of hydrogen-bond donors (Lipinski definition) is 0. The first kappa shape index (κ1) is 15.0. The van der Waals surface area contributed by atoms with Crippen molar-refractivity contribution in [3.63, 3.8) is 0 Å². The Morgan fingerprint density at radius 2 is 2.17 bits per heavy atom. The lowest BCUT2D eigenvalue weighted by Gasteiger charge is -2.26. The van der Waals surface area contributed by atoms with Gasteiger partial charge in [0.1, 0.15) is 0 Å². The number of rotatable bonds is 6. The molecule has 1 heterocycles. The van der Waals surface area contributed by atoms with E-state index >= 15 is 0 Å². The van der Waals surface area contributed by atoms with Crippen LogP contribution in [0.5, 0.6) is 0 Å². The van der Waals surface area contributed by atoms with Crippen LogP contribution in [0.25, 0.3) is 0 Å². The van der Waals surface area contributed by atoms with E-state index in [2.05, 4.69) is 13.8 Å². The van der Waals surface area contributed by atoms with E-state index in [0.717, 1.165) is 31.5 Å². The largest absolute Gasteiger partial charge is 0.472 e. The van der Waals surface area contributed by atoms with Crippen LogP contribution in [0.15, 0.2) is 11.8 Å². The minimum Gasteiger partial charge on any atom is -0.472 e. The Bertz CT molecular complexity index is 295. The van der Waals surface area contributed by atoms with Crippen molar-refractivity contribution in [2.24, 2.45) is 5.92 Å². The fraction of sp³-hybridized carbons (Fsp3) is 0.786. The molecule has 0 saturated heterocycles. The summed E-state index contributed by atoms with van der Waals surface area (Å²) in [6, 6.07) is 0. The van der Waals surface area contributed by atoms with Crippen molar-refractivity contribution in [2.75, 3.05) is 19.7 Å². The third-order valence-corrected chi connectivity index (χ3v) is 2.95. The Kier molecular flexibility index (Phi) is 6.19. The highest BCUT2D eigenvalue weighted by Gasteiger charge is 2.22. The van der Waals surface area contributed by atoms with E-state index in [1.165, 1.54) is 0 Å². The molecule has 4 heteroatoms. The molecule has 0 spiro atoms. The maximum atomic E-state index is 12.1. The van der Waals surface area contributed by atoms with Crippen molar-refractivity contribution in [1.82, 2.24) is 4.90 Å². The van der Waals surface area contributed by atoms with Gasteiger partial charge in [0.25, 0.3) is 5.91 Å². The lowest BCUT2D eigenvalue weighted by Crippen LogP contribution is -2.33. The van der Waals surface area contributed by atoms with Crippen LogP contribution in [0.3, 0.4) is 0 Å². The average Bonchev–Trinajstić information content (AvgIpc) is 2.38. The number of likely N-dealkylation sites (N-methyl/N-ethyl adjacent to an activating group) is 1. The third kappa shape index (κ3) is 4.33. The first-order chi connectivity index (χ1) is 8.58. The van der Waals surface area contributed by atoms with Gasteiger partial charge < -0.3 is 14.4 Å². The molecule has 0 aromatic heterocycles. The molecule has 0 radical (unpaired) electrons. The summed E-state index contributed by atoms with van der Waals surface area (Å²) in [6.45, 7) is 10.3. The van der Waals surface area contributed by atoms with Crippen LogP contribution in [0.4, 0.5) is 0 Å². The first-order valence-corrected chi connectivity index (χ1v) is 6.83. The number of nitrogens with zero attached hydrogens (tertiary/aromatic N) is 1. The summed E-state index contributed by atoms with van der Waals surface area (Å²) in [5.74, 6) is 0.582. The second kappa shape index (κ2) is 7.41. The van der Waals surface area contributed by atoms with Crippen molar-refractivity contribution >= 4 is 5.91 Å². The van der Waals surface area contributed by atoms with Crippen LogP contribution >= 0.6 is 0 Å². The Morgan fingerprint density at radius 3 is 2.61 bits per heavy atom. The molecule has 0 bridgehead atoms. The third-order valence-electron chi connectivity index (χ3n) is 2.95. The van der Waals surface area contributed by atoms with Crippen LogP contribution in [-0.4, -0.2) is 36.8 Å². The zero-order chi connectivity index (χ0) is 13.5. The van der Waals surface area contributed by atoms with Crippen LogP contribution in [0.1, 0.15) is 40.5 Å². The van der Waals surface area contributed by atoms with Gasteiger partial charge in [-0.2, -0.15) is 0 Å². The van der Waals surface area contributed by atoms with Crippen LogP contribution in [0.2, 0.25) is 0 Å². The molecular weight excluding hydrogens is 230 g/mol. The van der Waals surface area contributed by atoms with Crippen molar-refractivity contribution in [3.8, 4) is 0 Å². The molecule has 18 heavy (non-hydrogen) atoms. The molecule has 0 aromatic rings. The second-order valence-electron chi connectivity index (χ2n) is 4.95. The summed E-state index contributed by atoms with van der Waals surface area (Å²) in [6.07, 6.45) is 2.87. The van der Waals surface area contributed by atoms with E-state index in [1.54, 1.807) is 6.26 Å². The summed E-state index contributed by atoms with van der Waals surface area (Å²) in [7, 11) is 0. The van der Waals surface area contributed by atoms with Gasteiger partial charge in [0.15, 0.2) is 6.29 Å². The molecule has 1 rings (SSSR count). The maximum absolute atomic E-state index is 12.1. The topological polar surface area (TPSA) is 38.8 Å². The lowest BCUT2D eigenvalue weighted by atomic mass is 10.1. The maximum Gasteiger partial charge on any atom is 0.252 e. The van der Waals surface area contributed by atoms with E-state index in [1.807, 2.05) is 18.7 Å². The van der Waals surface area contributed by atoms with E-state index < -0.39 is 0 Å². The smallest absolute Gasteiger partial charge is 0.252 e. The Labute approximate surface area is 110 Å². The highest BCUT2D eigenvalue weighted by Crippen LogP contribution is 2.20. The molecule has 1 atom stereocenters. The average molecular weight is 255 g/mol. The highest BCUT2D eigenvalue weighted by atomic mass is 16.7. The fourth-order valence-corrected chi connectivity index (χ4v) is 1.85. The second-order valence-corrected chi connectivity index (χ2v) is 4.95. The summed E-state index contributed by atoms with van der Waals surface area (Å²) in [4.78, 5) is 13.9. The van der Waals surface area contributed by atoms with E-state index in [0.29, 0.717) is 12.5 Å². The molecular formula is C14H25NO3. The minimum atomic E-state index is -0.194. The van der Waals surface area contributed by atoms with Gasteiger partial charge in [-0.25, -0.2) is 0 Å². The van der Waals surface area contributed by atoms with Gasteiger partial charge in [-0.05, 0) is 26.2 Å². The zero-order valence-corrected chi connectivity index (χ0v) is 11.9. The molecule has 0 aliphatic carbocycles. The molecule has 0 fully saturated rings. The van der Waals surface area contributed by atoms with E-state index in [9.17, 15) is 4.79 Å².